The quantitative estimate of drug-likeness (QED) is 0.395. The van der Waals surface area contributed by atoms with Crippen molar-refractivity contribution in [3.63, 3.8) is 0 Å². The molecule has 0 bridgehead atoms. The van der Waals surface area contributed by atoms with Gasteiger partial charge in [-0.2, -0.15) is 22.0 Å². The van der Waals surface area contributed by atoms with Crippen LogP contribution in [-0.2, 0) is 12.8 Å². The summed E-state index contributed by atoms with van der Waals surface area (Å²) in [5.74, 6) is -3.57. The van der Waals surface area contributed by atoms with Crippen LogP contribution in [0, 0.1) is 11.8 Å². The third-order valence-electron chi connectivity index (χ3n) is 7.53. The van der Waals surface area contributed by atoms with Crippen molar-refractivity contribution in [3.05, 3.63) is 47.9 Å². The van der Waals surface area contributed by atoms with Gasteiger partial charge in [0.05, 0.1) is 24.1 Å². The summed E-state index contributed by atoms with van der Waals surface area (Å²) in [5.41, 5.74) is 4.02. The first kappa shape index (κ1) is 26.9. The van der Waals surface area contributed by atoms with Crippen LogP contribution >= 0.6 is 0 Å². The molecular weight excluding hydrogens is 475 g/mol. The lowest BCUT2D eigenvalue weighted by atomic mass is 9.91. The molecule has 2 aromatic rings. The van der Waals surface area contributed by atoms with E-state index in [1.165, 1.54) is 30.0 Å². The Labute approximate surface area is 209 Å². The van der Waals surface area contributed by atoms with E-state index < -0.39 is 18.6 Å². The summed E-state index contributed by atoms with van der Waals surface area (Å²) in [4.78, 5) is 12.9. The highest BCUT2D eigenvalue weighted by Gasteiger charge is 2.58. The SMILES string of the molecule is CC1CCN(CCc2ccc(-c3cnc(CCC4CCN(CC(F)(F)C(F)(F)F)CC4)cn3)cc2)C1. The predicted octanol–water partition coefficient (Wildman–Crippen LogP) is 5.87. The summed E-state index contributed by atoms with van der Waals surface area (Å²) >= 11 is 0. The number of rotatable bonds is 9. The van der Waals surface area contributed by atoms with Gasteiger partial charge in [0.1, 0.15) is 0 Å². The Kier molecular flexibility index (Phi) is 8.60. The maximum atomic E-state index is 13.3. The fourth-order valence-electron chi connectivity index (χ4n) is 5.15. The Hall–Kier alpha value is -2.13. The maximum Gasteiger partial charge on any atom is 0.454 e. The molecule has 1 atom stereocenters. The molecule has 1 aromatic heterocycles. The van der Waals surface area contributed by atoms with Crippen LogP contribution < -0.4 is 0 Å². The van der Waals surface area contributed by atoms with Gasteiger partial charge in [0.2, 0.25) is 0 Å². The largest absolute Gasteiger partial charge is 0.454 e. The first-order valence-corrected chi connectivity index (χ1v) is 12.9. The van der Waals surface area contributed by atoms with Crippen LogP contribution in [0.4, 0.5) is 22.0 Å². The lowest BCUT2D eigenvalue weighted by molar-refractivity contribution is -0.287. The molecule has 0 amide bonds. The molecule has 0 radical (unpaired) electrons. The third kappa shape index (κ3) is 7.22. The fraction of sp³-hybridized carbons (Fsp3) is 0.630. The van der Waals surface area contributed by atoms with Gasteiger partial charge in [-0.25, -0.2) is 0 Å². The van der Waals surface area contributed by atoms with E-state index in [-0.39, 0.29) is 13.1 Å². The average molecular weight is 511 g/mol. The molecule has 0 saturated carbocycles. The van der Waals surface area contributed by atoms with Crippen LogP contribution in [0.25, 0.3) is 11.3 Å². The number of halogens is 5. The minimum absolute atomic E-state index is 0.258. The lowest BCUT2D eigenvalue weighted by Gasteiger charge is -2.34. The van der Waals surface area contributed by atoms with Crippen LogP contribution in [0.2, 0.25) is 0 Å². The van der Waals surface area contributed by atoms with E-state index in [0.29, 0.717) is 25.2 Å². The maximum absolute atomic E-state index is 13.3. The molecule has 3 heterocycles. The van der Waals surface area contributed by atoms with Gasteiger partial charge >= 0.3 is 12.1 Å². The molecule has 36 heavy (non-hydrogen) atoms. The smallest absolute Gasteiger partial charge is 0.303 e. The number of hydrogen-bond acceptors (Lipinski definition) is 4. The minimum Gasteiger partial charge on any atom is -0.303 e. The van der Waals surface area contributed by atoms with Gasteiger partial charge in [0, 0.05) is 24.8 Å². The Morgan fingerprint density at radius 2 is 1.56 bits per heavy atom. The average Bonchev–Trinajstić information content (AvgIpc) is 3.27. The van der Waals surface area contributed by atoms with E-state index in [2.05, 4.69) is 46.1 Å². The molecule has 1 aromatic carbocycles. The van der Waals surface area contributed by atoms with Gasteiger partial charge in [-0.15, -0.1) is 0 Å². The van der Waals surface area contributed by atoms with Gasteiger partial charge in [-0.1, -0.05) is 31.2 Å². The van der Waals surface area contributed by atoms with E-state index in [9.17, 15) is 22.0 Å². The zero-order valence-corrected chi connectivity index (χ0v) is 20.8. The third-order valence-corrected chi connectivity index (χ3v) is 7.53. The molecule has 4 rings (SSSR count). The van der Waals surface area contributed by atoms with E-state index in [1.54, 1.807) is 12.4 Å². The summed E-state index contributed by atoms with van der Waals surface area (Å²) in [6.45, 7) is 5.05. The molecule has 0 spiro atoms. The number of aromatic nitrogens is 2. The zero-order chi connectivity index (χ0) is 25.8. The highest BCUT2D eigenvalue weighted by Crippen LogP contribution is 2.37. The fourth-order valence-corrected chi connectivity index (χ4v) is 5.15. The van der Waals surface area contributed by atoms with Crippen molar-refractivity contribution in [1.29, 1.82) is 0 Å². The second kappa shape index (κ2) is 11.5. The molecule has 2 fully saturated rings. The van der Waals surface area contributed by atoms with Gasteiger partial charge in [0.15, 0.2) is 0 Å². The van der Waals surface area contributed by atoms with Crippen molar-refractivity contribution in [2.75, 3.05) is 39.3 Å². The molecule has 0 aliphatic carbocycles. The minimum atomic E-state index is -5.50. The molecule has 198 valence electrons. The zero-order valence-electron chi connectivity index (χ0n) is 20.8. The van der Waals surface area contributed by atoms with Crippen LogP contribution in [0.15, 0.2) is 36.7 Å². The van der Waals surface area contributed by atoms with E-state index >= 15 is 0 Å². The summed E-state index contributed by atoms with van der Waals surface area (Å²) in [5, 5.41) is 0. The van der Waals surface area contributed by atoms with Crippen molar-refractivity contribution >= 4 is 0 Å². The normalized spacial score (nSPS) is 20.8. The highest BCUT2D eigenvalue weighted by molar-refractivity contribution is 5.58. The Balaban J connectivity index is 1.19. The van der Waals surface area contributed by atoms with Gasteiger partial charge in [0.25, 0.3) is 0 Å². The predicted molar refractivity (Wildman–Crippen MR) is 130 cm³/mol. The number of likely N-dealkylation sites (tertiary alicyclic amines) is 2. The van der Waals surface area contributed by atoms with Gasteiger partial charge in [-0.05, 0) is 75.6 Å². The second-order valence-corrected chi connectivity index (χ2v) is 10.5. The molecule has 1 unspecified atom stereocenters. The Bertz CT molecular complexity index is 954. The van der Waals surface area contributed by atoms with Crippen LogP contribution in [0.3, 0.4) is 0 Å². The standard InChI is InChI=1S/C27H35F5N4/c1-20-8-12-35(18-20)13-9-21-2-5-23(6-3-21)25-17-33-24(16-34-25)7-4-22-10-14-36(15-11-22)19-26(28,29)27(30,31)32/h2-3,5-6,16-17,20,22H,4,7-15,18-19H2,1H3. The number of nitrogens with zero attached hydrogens (tertiary/aromatic N) is 4. The number of alkyl halides is 5. The molecular formula is C27H35F5N4. The highest BCUT2D eigenvalue weighted by atomic mass is 19.4. The number of benzene rings is 1. The summed E-state index contributed by atoms with van der Waals surface area (Å²) in [6.07, 6.45) is 3.15. The number of piperidine rings is 1. The topological polar surface area (TPSA) is 32.3 Å². The number of aryl methyl sites for hydroxylation is 1. The van der Waals surface area contributed by atoms with Crippen molar-refractivity contribution in [3.8, 4) is 11.3 Å². The summed E-state index contributed by atoms with van der Waals surface area (Å²) < 4.78 is 63.9. The molecule has 0 N–H and O–H groups in total. The van der Waals surface area contributed by atoms with Crippen molar-refractivity contribution in [1.82, 2.24) is 19.8 Å². The molecule has 4 nitrogen and oxygen atoms in total. The van der Waals surface area contributed by atoms with Crippen LogP contribution in [0.1, 0.15) is 43.9 Å². The van der Waals surface area contributed by atoms with E-state index in [4.69, 9.17) is 0 Å². The molecule has 2 aliphatic rings. The molecule has 2 saturated heterocycles. The van der Waals surface area contributed by atoms with Crippen molar-refractivity contribution in [2.45, 2.75) is 57.5 Å². The lowest BCUT2D eigenvalue weighted by Crippen LogP contribution is -2.49. The first-order chi connectivity index (χ1) is 17.1. The van der Waals surface area contributed by atoms with E-state index in [0.717, 1.165) is 42.3 Å². The molecule has 2 aliphatic heterocycles. The van der Waals surface area contributed by atoms with Crippen molar-refractivity contribution in [2.24, 2.45) is 11.8 Å². The van der Waals surface area contributed by atoms with Crippen LogP contribution in [-0.4, -0.2) is 71.1 Å². The summed E-state index contributed by atoms with van der Waals surface area (Å²) in [7, 11) is 0. The monoisotopic (exact) mass is 510 g/mol. The second-order valence-electron chi connectivity index (χ2n) is 10.5. The Morgan fingerprint density at radius 1 is 0.861 bits per heavy atom. The van der Waals surface area contributed by atoms with E-state index in [1.807, 2.05) is 0 Å². The van der Waals surface area contributed by atoms with Gasteiger partial charge < -0.3 is 4.90 Å². The van der Waals surface area contributed by atoms with Gasteiger partial charge in [-0.3, -0.25) is 14.9 Å². The Morgan fingerprint density at radius 3 is 2.14 bits per heavy atom. The summed E-state index contributed by atoms with van der Waals surface area (Å²) in [6, 6.07) is 8.48. The molecule has 9 heteroatoms. The van der Waals surface area contributed by atoms with Crippen LogP contribution in [0.5, 0.6) is 0 Å². The number of hydrogen-bond donors (Lipinski definition) is 0. The van der Waals surface area contributed by atoms with Crippen molar-refractivity contribution < 1.29 is 22.0 Å². The first-order valence-electron chi connectivity index (χ1n) is 12.9.